The third kappa shape index (κ3) is 2.72. The van der Waals surface area contributed by atoms with Crippen LogP contribution in [-0.4, -0.2) is 15.6 Å². The molecule has 0 atom stereocenters. The minimum Gasteiger partial charge on any atom is -0.477 e. The van der Waals surface area contributed by atoms with Gasteiger partial charge in [-0.05, 0) is 25.1 Å². The Bertz CT molecular complexity index is 724. The summed E-state index contributed by atoms with van der Waals surface area (Å²) < 4.78 is 2.40. The van der Waals surface area contributed by atoms with E-state index >= 15 is 0 Å². The van der Waals surface area contributed by atoms with E-state index in [-0.39, 0.29) is 5.56 Å². The van der Waals surface area contributed by atoms with E-state index in [4.69, 9.17) is 16.7 Å². The van der Waals surface area contributed by atoms with Gasteiger partial charge in [-0.2, -0.15) is 0 Å². The Kier molecular flexibility index (Phi) is 3.78. The summed E-state index contributed by atoms with van der Waals surface area (Å²) >= 11 is 9.43. The van der Waals surface area contributed by atoms with Gasteiger partial charge in [0.2, 0.25) is 0 Å². The third-order valence-electron chi connectivity index (χ3n) is 2.64. The molecule has 0 radical (unpaired) electrons. The predicted octanol–water partition coefficient (Wildman–Crippen LogP) is 3.26. The highest BCUT2D eigenvalue weighted by molar-refractivity contribution is 9.10. The van der Waals surface area contributed by atoms with E-state index in [9.17, 15) is 9.59 Å². The van der Waals surface area contributed by atoms with E-state index in [1.165, 1.54) is 12.3 Å². The molecule has 1 heterocycles. The molecule has 6 heteroatoms. The van der Waals surface area contributed by atoms with Gasteiger partial charge in [-0.25, -0.2) is 4.79 Å². The van der Waals surface area contributed by atoms with Gasteiger partial charge in [-0.1, -0.05) is 27.5 Å². The maximum Gasteiger partial charge on any atom is 0.341 e. The Morgan fingerprint density at radius 3 is 2.63 bits per heavy atom. The van der Waals surface area contributed by atoms with E-state index in [2.05, 4.69) is 15.9 Å². The smallest absolute Gasteiger partial charge is 0.341 e. The van der Waals surface area contributed by atoms with Crippen molar-refractivity contribution < 1.29 is 9.90 Å². The zero-order valence-electron chi connectivity index (χ0n) is 9.85. The molecule has 2 aromatic rings. The number of aromatic carboxylic acids is 1. The molecule has 0 saturated carbocycles. The summed E-state index contributed by atoms with van der Waals surface area (Å²) in [6, 6.07) is 6.52. The Morgan fingerprint density at radius 2 is 2.05 bits per heavy atom. The average molecular weight is 343 g/mol. The number of benzene rings is 1. The number of carbonyl (C=O) groups is 1. The highest BCUT2D eigenvalue weighted by atomic mass is 79.9. The zero-order chi connectivity index (χ0) is 14.2. The molecule has 0 amide bonds. The maximum atomic E-state index is 11.6. The fourth-order valence-corrected chi connectivity index (χ4v) is 2.49. The topological polar surface area (TPSA) is 59.3 Å². The van der Waals surface area contributed by atoms with Gasteiger partial charge in [0, 0.05) is 22.4 Å². The molecule has 4 nitrogen and oxygen atoms in total. The number of aryl methyl sites for hydroxylation is 1. The van der Waals surface area contributed by atoms with Crippen molar-refractivity contribution in [2.75, 3.05) is 0 Å². The van der Waals surface area contributed by atoms with Gasteiger partial charge in [0.15, 0.2) is 5.43 Å². The van der Waals surface area contributed by atoms with Crippen molar-refractivity contribution in [3.8, 4) is 5.69 Å². The number of halogens is 2. The molecule has 1 aromatic heterocycles. The number of rotatable bonds is 2. The fraction of sp³-hybridized carbons (Fsp3) is 0.0769. The van der Waals surface area contributed by atoms with Crippen LogP contribution in [0.4, 0.5) is 0 Å². The normalized spacial score (nSPS) is 10.5. The lowest BCUT2D eigenvalue weighted by Crippen LogP contribution is -2.18. The van der Waals surface area contributed by atoms with Gasteiger partial charge in [0.1, 0.15) is 5.56 Å². The second-order valence-electron chi connectivity index (χ2n) is 3.96. The van der Waals surface area contributed by atoms with Gasteiger partial charge in [0.25, 0.3) is 0 Å². The molecule has 2 rings (SSSR count). The summed E-state index contributed by atoms with van der Waals surface area (Å²) in [7, 11) is 0. The van der Waals surface area contributed by atoms with Gasteiger partial charge in [0.05, 0.1) is 10.7 Å². The van der Waals surface area contributed by atoms with Crippen LogP contribution in [-0.2, 0) is 0 Å². The monoisotopic (exact) mass is 341 g/mol. The van der Waals surface area contributed by atoms with Crippen molar-refractivity contribution in [2.45, 2.75) is 6.92 Å². The quantitative estimate of drug-likeness (QED) is 0.911. The molecular weight excluding hydrogens is 334 g/mol. The number of aromatic nitrogens is 1. The predicted molar refractivity (Wildman–Crippen MR) is 76.4 cm³/mol. The van der Waals surface area contributed by atoms with Gasteiger partial charge in [-0.15, -0.1) is 0 Å². The van der Waals surface area contributed by atoms with Crippen LogP contribution in [0.3, 0.4) is 0 Å². The van der Waals surface area contributed by atoms with E-state index in [1.54, 1.807) is 29.7 Å². The summed E-state index contributed by atoms with van der Waals surface area (Å²) in [6.45, 7) is 1.71. The standard InChI is InChI=1S/C13H9BrClNO3/c1-7-4-12(17)9(13(18)19)6-16(7)11-3-2-8(14)5-10(11)15/h2-6H,1H3,(H,18,19). The highest BCUT2D eigenvalue weighted by Gasteiger charge is 2.13. The van der Waals surface area contributed by atoms with E-state index < -0.39 is 11.4 Å². The molecule has 0 unspecified atom stereocenters. The summed E-state index contributed by atoms with van der Waals surface area (Å²) in [5.74, 6) is -1.26. The Morgan fingerprint density at radius 1 is 1.37 bits per heavy atom. The highest BCUT2D eigenvalue weighted by Crippen LogP contribution is 2.25. The van der Waals surface area contributed by atoms with Crippen LogP contribution in [0.25, 0.3) is 5.69 Å². The lowest BCUT2D eigenvalue weighted by molar-refractivity contribution is 0.0695. The van der Waals surface area contributed by atoms with Crippen LogP contribution in [0.1, 0.15) is 16.1 Å². The summed E-state index contributed by atoms with van der Waals surface area (Å²) in [5.41, 5.74) is 0.420. The first kappa shape index (κ1) is 13.8. The first-order chi connectivity index (χ1) is 8.90. The van der Waals surface area contributed by atoms with Crippen LogP contribution < -0.4 is 5.43 Å². The molecule has 0 aliphatic heterocycles. The minimum atomic E-state index is -1.26. The fourth-order valence-electron chi connectivity index (χ4n) is 1.73. The molecule has 0 aliphatic rings. The molecule has 0 bridgehead atoms. The summed E-state index contributed by atoms with van der Waals surface area (Å²) in [6.07, 6.45) is 1.29. The SMILES string of the molecule is Cc1cc(=O)c(C(=O)O)cn1-c1ccc(Br)cc1Cl. The Labute approximate surface area is 122 Å². The van der Waals surface area contributed by atoms with Crippen molar-refractivity contribution in [1.29, 1.82) is 0 Å². The van der Waals surface area contributed by atoms with Gasteiger partial charge in [-0.3, -0.25) is 4.79 Å². The van der Waals surface area contributed by atoms with Crippen molar-refractivity contribution in [2.24, 2.45) is 0 Å². The third-order valence-corrected chi connectivity index (χ3v) is 3.44. The first-order valence-electron chi connectivity index (χ1n) is 5.32. The molecule has 0 aliphatic carbocycles. The molecule has 0 spiro atoms. The molecule has 98 valence electrons. The molecule has 19 heavy (non-hydrogen) atoms. The number of carboxylic acid groups (broad SMARTS) is 1. The van der Waals surface area contributed by atoms with E-state index in [0.29, 0.717) is 16.4 Å². The van der Waals surface area contributed by atoms with Crippen molar-refractivity contribution >= 4 is 33.5 Å². The average Bonchev–Trinajstić information content (AvgIpc) is 2.30. The molecular formula is C13H9BrClNO3. The van der Waals surface area contributed by atoms with E-state index in [0.717, 1.165) is 4.47 Å². The summed E-state index contributed by atoms with van der Waals surface area (Å²) in [4.78, 5) is 22.6. The van der Waals surface area contributed by atoms with Crippen LogP contribution >= 0.6 is 27.5 Å². The van der Waals surface area contributed by atoms with Crippen LogP contribution in [0.5, 0.6) is 0 Å². The van der Waals surface area contributed by atoms with Crippen LogP contribution in [0, 0.1) is 6.92 Å². The second-order valence-corrected chi connectivity index (χ2v) is 5.29. The van der Waals surface area contributed by atoms with Crippen molar-refractivity contribution in [3.63, 3.8) is 0 Å². The van der Waals surface area contributed by atoms with Gasteiger partial charge < -0.3 is 9.67 Å². The molecule has 0 saturated heterocycles. The number of hydrogen-bond donors (Lipinski definition) is 1. The summed E-state index contributed by atoms with van der Waals surface area (Å²) in [5, 5.41) is 9.44. The second kappa shape index (κ2) is 5.19. The molecule has 0 fully saturated rings. The lowest BCUT2D eigenvalue weighted by Gasteiger charge is -2.13. The van der Waals surface area contributed by atoms with Crippen molar-refractivity contribution in [1.82, 2.24) is 4.57 Å². The Hall–Kier alpha value is -1.59. The molecule has 1 aromatic carbocycles. The van der Waals surface area contributed by atoms with E-state index in [1.807, 2.05) is 0 Å². The Balaban J connectivity index is 2.71. The number of carboxylic acids is 1. The molecule has 1 N–H and O–H groups in total. The van der Waals surface area contributed by atoms with Crippen LogP contribution in [0.15, 0.2) is 39.7 Å². The lowest BCUT2D eigenvalue weighted by atomic mass is 10.2. The van der Waals surface area contributed by atoms with Crippen LogP contribution in [0.2, 0.25) is 5.02 Å². The largest absolute Gasteiger partial charge is 0.477 e. The number of hydrogen-bond acceptors (Lipinski definition) is 2. The van der Waals surface area contributed by atoms with Crippen molar-refractivity contribution in [3.05, 3.63) is 61.4 Å². The maximum absolute atomic E-state index is 11.6. The minimum absolute atomic E-state index is 0.287. The number of pyridine rings is 1. The van der Waals surface area contributed by atoms with Gasteiger partial charge >= 0.3 is 5.97 Å². The first-order valence-corrected chi connectivity index (χ1v) is 6.49. The zero-order valence-corrected chi connectivity index (χ0v) is 12.2. The number of nitrogens with zero attached hydrogens (tertiary/aromatic N) is 1.